The molecule has 0 spiro atoms. The van der Waals surface area contributed by atoms with Gasteiger partial charge in [0.15, 0.2) is 6.79 Å². The van der Waals surface area contributed by atoms with Gasteiger partial charge in [-0.2, -0.15) is 0 Å². The fourth-order valence-electron chi connectivity index (χ4n) is 3.12. The lowest BCUT2D eigenvalue weighted by molar-refractivity contribution is -0.130. The van der Waals surface area contributed by atoms with Crippen molar-refractivity contribution in [3.63, 3.8) is 0 Å². The Hall–Kier alpha value is -1.55. The molecule has 4 heteroatoms. The van der Waals surface area contributed by atoms with E-state index >= 15 is 0 Å². The van der Waals surface area contributed by atoms with E-state index in [9.17, 15) is 4.79 Å². The van der Waals surface area contributed by atoms with Gasteiger partial charge in [-0.15, -0.1) is 0 Å². The normalized spacial score (nSPS) is 20.1. The summed E-state index contributed by atoms with van der Waals surface area (Å²) in [4.78, 5) is 10.4. The molecule has 1 aromatic carbocycles. The van der Waals surface area contributed by atoms with Gasteiger partial charge in [-0.1, -0.05) is 19.9 Å². The van der Waals surface area contributed by atoms with Gasteiger partial charge >= 0.3 is 0 Å². The molecular formula is C16H22O4. The van der Waals surface area contributed by atoms with E-state index in [0.717, 1.165) is 24.2 Å². The van der Waals surface area contributed by atoms with E-state index in [0.29, 0.717) is 19.0 Å². The minimum absolute atomic E-state index is 0.0426. The number of aliphatic hydroxyl groups is 1. The number of benzene rings is 1. The second-order valence-corrected chi connectivity index (χ2v) is 5.94. The molecular weight excluding hydrogens is 256 g/mol. The third-order valence-corrected chi connectivity index (χ3v) is 4.46. The molecule has 0 heterocycles. The number of aliphatic hydroxyl groups excluding tert-OH is 1. The van der Waals surface area contributed by atoms with Crippen molar-refractivity contribution >= 4 is 6.47 Å². The smallest absolute Gasteiger partial charge is 0.293 e. The van der Waals surface area contributed by atoms with Crippen LogP contribution in [0.5, 0.6) is 5.75 Å². The lowest BCUT2D eigenvalue weighted by Crippen LogP contribution is -2.37. The maximum absolute atomic E-state index is 10.4. The summed E-state index contributed by atoms with van der Waals surface area (Å²) in [6.45, 7) is 7.04. The van der Waals surface area contributed by atoms with Crippen molar-refractivity contribution in [2.24, 2.45) is 5.92 Å². The molecule has 0 saturated carbocycles. The summed E-state index contributed by atoms with van der Waals surface area (Å²) in [7, 11) is 0. The fourth-order valence-corrected chi connectivity index (χ4v) is 3.12. The van der Waals surface area contributed by atoms with Crippen LogP contribution in [0.15, 0.2) is 12.1 Å². The maximum Gasteiger partial charge on any atom is 0.293 e. The summed E-state index contributed by atoms with van der Waals surface area (Å²) in [5.41, 5.74) is 3.51. The molecule has 20 heavy (non-hydrogen) atoms. The first-order valence-electron chi connectivity index (χ1n) is 6.93. The highest BCUT2D eigenvalue weighted by atomic mass is 16.6. The van der Waals surface area contributed by atoms with Gasteiger partial charge in [0.05, 0.1) is 6.61 Å². The highest BCUT2D eigenvalue weighted by molar-refractivity contribution is 5.47. The van der Waals surface area contributed by atoms with Gasteiger partial charge in [-0.25, -0.2) is 0 Å². The highest BCUT2D eigenvalue weighted by Gasteiger charge is 2.37. The summed E-state index contributed by atoms with van der Waals surface area (Å²) in [6.07, 6.45) is 1.92. The summed E-state index contributed by atoms with van der Waals surface area (Å²) in [5.74, 6) is 1.06. The first-order chi connectivity index (χ1) is 9.50. The molecule has 1 aromatic rings. The molecule has 1 unspecified atom stereocenters. The third kappa shape index (κ3) is 2.66. The van der Waals surface area contributed by atoms with E-state index in [4.69, 9.17) is 14.6 Å². The monoisotopic (exact) mass is 278 g/mol. The Morgan fingerprint density at radius 2 is 2.20 bits per heavy atom. The average Bonchev–Trinajstić information content (AvgIpc) is 2.40. The van der Waals surface area contributed by atoms with E-state index in [1.165, 1.54) is 11.1 Å². The van der Waals surface area contributed by atoms with Crippen LogP contribution in [0.2, 0.25) is 0 Å². The second kappa shape index (κ2) is 5.83. The number of aryl methyl sites for hydroxylation is 2. The van der Waals surface area contributed by atoms with Gasteiger partial charge in [0.25, 0.3) is 6.47 Å². The van der Waals surface area contributed by atoms with Crippen LogP contribution >= 0.6 is 0 Å². The number of hydrogen-bond donors (Lipinski definition) is 1. The topological polar surface area (TPSA) is 55.8 Å². The van der Waals surface area contributed by atoms with E-state index in [1.54, 1.807) is 0 Å². The lowest BCUT2D eigenvalue weighted by Gasteiger charge is -2.40. The standard InChI is InChI=1S/C16H22O4/c1-11-6-14-12(7-15(11)20-10-18)4-5-13(8-19-9-17)16(14,2)3/h6-7,9,13,18H,4-5,8,10H2,1-3H3. The molecule has 1 aliphatic rings. The summed E-state index contributed by atoms with van der Waals surface area (Å²) in [6, 6.07) is 4.16. The Morgan fingerprint density at radius 1 is 1.45 bits per heavy atom. The Labute approximate surface area is 119 Å². The minimum atomic E-state index is -0.307. The predicted molar refractivity (Wildman–Crippen MR) is 75.7 cm³/mol. The summed E-state index contributed by atoms with van der Waals surface area (Å²) < 4.78 is 10.2. The molecule has 0 saturated heterocycles. The van der Waals surface area contributed by atoms with Crippen LogP contribution in [0, 0.1) is 12.8 Å². The zero-order valence-electron chi connectivity index (χ0n) is 12.3. The summed E-state index contributed by atoms with van der Waals surface area (Å²) >= 11 is 0. The molecule has 0 aliphatic heterocycles. The quantitative estimate of drug-likeness (QED) is 0.663. The van der Waals surface area contributed by atoms with Gasteiger partial charge in [-0.05, 0) is 47.9 Å². The van der Waals surface area contributed by atoms with Crippen molar-refractivity contribution in [3.8, 4) is 5.75 Å². The first-order valence-corrected chi connectivity index (χ1v) is 6.93. The fraction of sp³-hybridized carbons (Fsp3) is 0.562. The van der Waals surface area contributed by atoms with Crippen molar-refractivity contribution in [2.45, 2.75) is 39.0 Å². The molecule has 0 bridgehead atoms. The molecule has 110 valence electrons. The third-order valence-electron chi connectivity index (χ3n) is 4.46. The Bertz CT molecular complexity index is 493. The van der Waals surface area contributed by atoms with E-state index in [2.05, 4.69) is 19.9 Å². The second-order valence-electron chi connectivity index (χ2n) is 5.94. The Balaban J connectivity index is 2.35. The van der Waals surface area contributed by atoms with Gasteiger partial charge in [0.1, 0.15) is 5.75 Å². The number of rotatable bonds is 5. The zero-order valence-corrected chi connectivity index (χ0v) is 12.3. The van der Waals surface area contributed by atoms with Crippen LogP contribution in [-0.4, -0.2) is 25.0 Å². The van der Waals surface area contributed by atoms with Crippen molar-refractivity contribution in [1.29, 1.82) is 0 Å². The van der Waals surface area contributed by atoms with E-state index in [1.807, 2.05) is 13.0 Å². The van der Waals surface area contributed by atoms with E-state index < -0.39 is 0 Å². The van der Waals surface area contributed by atoms with Crippen LogP contribution in [0.25, 0.3) is 0 Å². The van der Waals surface area contributed by atoms with Crippen molar-refractivity contribution in [2.75, 3.05) is 13.4 Å². The average molecular weight is 278 g/mol. The number of fused-ring (bicyclic) bond motifs is 1. The largest absolute Gasteiger partial charge is 0.468 e. The highest BCUT2D eigenvalue weighted by Crippen LogP contribution is 2.43. The van der Waals surface area contributed by atoms with Crippen molar-refractivity contribution in [1.82, 2.24) is 0 Å². The maximum atomic E-state index is 10.4. The molecule has 1 atom stereocenters. The number of carbonyl (C=O) groups is 1. The molecule has 0 fully saturated rings. The number of carbonyl (C=O) groups excluding carboxylic acids is 1. The van der Waals surface area contributed by atoms with Gasteiger partial charge in [-0.3, -0.25) is 4.79 Å². The van der Waals surface area contributed by atoms with Gasteiger partial charge in [0, 0.05) is 5.92 Å². The van der Waals surface area contributed by atoms with Crippen LogP contribution in [0.4, 0.5) is 0 Å². The van der Waals surface area contributed by atoms with Crippen molar-refractivity contribution in [3.05, 3.63) is 28.8 Å². The van der Waals surface area contributed by atoms with Crippen LogP contribution in [-0.2, 0) is 21.4 Å². The van der Waals surface area contributed by atoms with Gasteiger partial charge < -0.3 is 14.6 Å². The molecule has 1 aliphatic carbocycles. The molecule has 1 N–H and O–H groups in total. The predicted octanol–water partition coefficient (Wildman–Crippen LogP) is 2.34. The first kappa shape index (κ1) is 14.9. The van der Waals surface area contributed by atoms with Crippen molar-refractivity contribution < 1.29 is 19.4 Å². The molecule has 2 rings (SSSR count). The Morgan fingerprint density at radius 3 is 2.85 bits per heavy atom. The van der Waals surface area contributed by atoms with E-state index in [-0.39, 0.29) is 12.2 Å². The number of hydrogen-bond acceptors (Lipinski definition) is 4. The molecule has 0 amide bonds. The molecule has 4 nitrogen and oxygen atoms in total. The zero-order chi connectivity index (χ0) is 14.8. The Kier molecular flexibility index (Phi) is 4.33. The molecule has 0 radical (unpaired) electrons. The summed E-state index contributed by atoms with van der Waals surface area (Å²) in [5, 5.41) is 8.92. The van der Waals surface area contributed by atoms with Crippen LogP contribution in [0.1, 0.15) is 37.0 Å². The molecule has 0 aromatic heterocycles. The number of ether oxygens (including phenoxy) is 2. The minimum Gasteiger partial charge on any atom is -0.468 e. The SMILES string of the molecule is Cc1cc2c(cc1OCO)CCC(COC=O)C2(C)C. The van der Waals surface area contributed by atoms with Crippen LogP contribution in [0.3, 0.4) is 0 Å². The van der Waals surface area contributed by atoms with Crippen LogP contribution < -0.4 is 4.74 Å². The lowest BCUT2D eigenvalue weighted by atomic mass is 9.65. The van der Waals surface area contributed by atoms with Gasteiger partial charge in [0.2, 0.25) is 0 Å².